The van der Waals surface area contributed by atoms with Crippen molar-refractivity contribution in [2.45, 2.75) is 12.8 Å². The number of amides is 1. The van der Waals surface area contributed by atoms with E-state index in [4.69, 9.17) is 9.47 Å². The largest absolute Gasteiger partial charge is 0.496 e. The maximum absolute atomic E-state index is 13.6. The summed E-state index contributed by atoms with van der Waals surface area (Å²) in [6.45, 7) is 0.177. The highest BCUT2D eigenvalue weighted by Crippen LogP contribution is 2.38. The summed E-state index contributed by atoms with van der Waals surface area (Å²) >= 11 is 0. The van der Waals surface area contributed by atoms with E-state index in [1.54, 1.807) is 48.4 Å². The minimum Gasteiger partial charge on any atom is -0.496 e. The fourth-order valence-electron chi connectivity index (χ4n) is 4.13. The third-order valence-corrected chi connectivity index (χ3v) is 5.86. The van der Waals surface area contributed by atoms with Gasteiger partial charge in [-0.15, -0.1) is 0 Å². The molecule has 1 N–H and O–H groups in total. The molecule has 0 saturated heterocycles. The van der Waals surface area contributed by atoms with Crippen molar-refractivity contribution in [2.75, 3.05) is 17.3 Å². The summed E-state index contributed by atoms with van der Waals surface area (Å²) < 4.78 is 38.2. The molecule has 1 amide bonds. The lowest BCUT2D eigenvalue weighted by Gasteiger charge is -2.38. The Labute approximate surface area is 201 Å². The van der Waals surface area contributed by atoms with E-state index in [1.807, 2.05) is 30.3 Å². The van der Waals surface area contributed by atoms with E-state index in [9.17, 15) is 13.6 Å². The summed E-state index contributed by atoms with van der Waals surface area (Å²) in [5.74, 6) is 0.216. The molecule has 35 heavy (non-hydrogen) atoms. The zero-order valence-electron chi connectivity index (χ0n) is 18.9. The van der Waals surface area contributed by atoms with Crippen LogP contribution in [0.5, 0.6) is 11.5 Å². The zero-order valence-corrected chi connectivity index (χ0v) is 18.9. The highest BCUT2D eigenvalue weighted by atomic mass is 19.1. The number of benzene rings is 4. The summed E-state index contributed by atoms with van der Waals surface area (Å²) in [5.41, 5.74) is 3.34. The van der Waals surface area contributed by atoms with Crippen LogP contribution < -0.4 is 19.7 Å². The lowest BCUT2D eigenvalue weighted by molar-refractivity contribution is 0.0975. The van der Waals surface area contributed by atoms with Crippen molar-refractivity contribution in [1.29, 1.82) is 0 Å². The predicted octanol–water partition coefficient (Wildman–Crippen LogP) is 6.32. The Hall–Kier alpha value is -4.39. The van der Waals surface area contributed by atoms with Crippen molar-refractivity contribution < 1.29 is 23.0 Å². The van der Waals surface area contributed by atoms with Gasteiger partial charge in [0.25, 0.3) is 5.91 Å². The van der Waals surface area contributed by atoms with Crippen LogP contribution in [0.15, 0.2) is 91.0 Å². The third kappa shape index (κ3) is 4.53. The molecular formula is C28H22F2N2O3. The topological polar surface area (TPSA) is 50.8 Å². The number of rotatable bonds is 6. The SMILES string of the molecule is COc1ccc(C2Nc3ccccc3C(=O)N2c2ccc(F)cc2)cc1COc1ccc(F)cc1. The van der Waals surface area contributed by atoms with Gasteiger partial charge in [-0.3, -0.25) is 9.69 Å². The molecule has 1 heterocycles. The first-order valence-corrected chi connectivity index (χ1v) is 11.0. The molecule has 1 atom stereocenters. The smallest absolute Gasteiger partial charge is 0.262 e. The molecule has 0 aromatic heterocycles. The monoisotopic (exact) mass is 472 g/mol. The van der Waals surface area contributed by atoms with Crippen LogP contribution in [-0.4, -0.2) is 13.0 Å². The quantitative estimate of drug-likeness (QED) is 0.357. The number of halogens is 2. The molecule has 4 aromatic rings. The molecule has 1 aliphatic rings. The number of anilines is 2. The number of carbonyl (C=O) groups excluding carboxylic acids is 1. The lowest BCUT2D eigenvalue weighted by Crippen LogP contribution is -2.43. The van der Waals surface area contributed by atoms with Crippen LogP contribution in [0.2, 0.25) is 0 Å². The maximum atomic E-state index is 13.6. The molecule has 7 heteroatoms. The van der Waals surface area contributed by atoms with E-state index >= 15 is 0 Å². The first kappa shape index (κ1) is 22.4. The van der Waals surface area contributed by atoms with Crippen LogP contribution in [0.25, 0.3) is 0 Å². The molecule has 0 aliphatic carbocycles. The summed E-state index contributed by atoms with van der Waals surface area (Å²) in [4.78, 5) is 15.1. The van der Waals surface area contributed by atoms with Gasteiger partial charge in [-0.2, -0.15) is 0 Å². The molecule has 5 rings (SSSR count). The van der Waals surface area contributed by atoms with Crippen molar-refractivity contribution in [3.8, 4) is 11.5 Å². The van der Waals surface area contributed by atoms with Gasteiger partial charge >= 0.3 is 0 Å². The van der Waals surface area contributed by atoms with Crippen molar-refractivity contribution in [3.63, 3.8) is 0 Å². The number of para-hydroxylation sites is 1. The van der Waals surface area contributed by atoms with E-state index in [1.165, 1.54) is 24.3 Å². The van der Waals surface area contributed by atoms with Gasteiger partial charge < -0.3 is 14.8 Å². The van der Waals surface area contributed by atoms with E-state index in [0.29, 0.717) is 28.4 Å². The number of methoxy groups -OCH3 is 1. The molecule has 0 spiro atoms. The van der Waals surface area contributed by atoms with Crippen LogP contribution in [0, 0.1) is 11.6 Å². The fraction of sp³-hybridized carbons (Fsp3) is 0.107. The second kappa shape index (κ2) is 9.46. The van der Waals surface area contributed by atoms with Crippen molar-refractivity contribution >= 4 is 17.3 Å². The molecule has 1 unspecified atom stereocenters. The molecule has 0 saturated carbocycles. The Bertz CT molecular complexity index is 1360. The first-order valence-electron chi connectivity index (χ1n) is 11.0. The number of fused-ring (bicyclic) bond motifs is 1. The Morgan fingerprint density at radius 1 is 0.886 bits per heavy atom. The normalized spacial score (nSPS) is 14.8. The van der Waals surface area contributed by atoms with Crippen molar-refractivity contribution in [2.24, 2.45) is 0 Å². The third-order valence-electron chi connectivity index (χ3n) is 5.86. The molecule has 0 bridgehead atoms. The van der Waals surface area contributed by atoms with E-state index < -0.39 is 6.17 Å². The number of carbonyl (C=O) groups is 1. The number of hydrogen-bond acceptors (Lipinski definition) is 4. The zero-order chi connectivity index (χ0) is 24.4. The molecule has 5 nitrogen and oxygen atoms in total. The number of nitrogens with one attached hydrogen (secondary N) is 1. The average Bonchev–Trinajstić information content (AvgIpc) is 2.89. The van der Waals surface area contributed by atoms with Gasteiger partial charge in [0, 0.05) is 16.9 Å². The van der Waals surface area contributed by atoms with Crippen LogP contribution >= 0.6 is 0 Å². The van der Waals surface area contributed by atoms with E-state index in [-0.39, 0.29) is 24.1 Å². The molecular weight excluding hydrogens is 450 g/mol. The molecule has 0 radical (unpaired) electrons. The second-order valence-electron chi connectivity index (χ2n) is 8.06. The van der Waals surface area contributed by atoms with Gasteiger partial charge in [-0.25, -0.2) is 8.78 Å². The highest BCUT2D eigenvalue weighted by molar-refractivity contribution is 6.12. The van der Waals surface area contributed by atoms with Crippen LogP contribution in [-0.2, 0) is 6.61 Å². The van der Waals surface area contributed by atoms with Gasteiger partial charge in [-0.1, -0.05) is 18.2 Å². The van der Waals surface area contributed by atoms with Gasteiger partial charge in [-0.05, 0) is 78.4 Å². The van der Waals surface area contributed by atoms with Gasteiger partial charge in [0.2, 0.25) is 0 Å². The second-order valence-corrected chi connectivity index (χ2v) is 8.06. The minimum atomic E-state index is -0.557. The molecule has 0 fully saturated rings. The minimum absolute atomic E-state index is 0.177. The standard InChI is InChI=1S/C28H22F2N2O3/c1-34-26-15-6-18(16-19(26)17-35-23-13-9-21(30)10-14-23)27-31-25-5-3-2-4-24(25)28(33)32(27)22-11-7-20(29)8-12-22/h2-16,27,31H,17H2,1H3. The molecule has 4 aromatic carbocycles. The summed E-state index contributed by atoms with van der Waals surface area (Å²) in [6, 6.07) is 24.5. The highest BCUT2D eigenvalue weighted by Gasteiger charge is 2.34. The maximum Gasteiger partial charge on any atom is 0.262 e. The van der Waals surface area contributed by atoms with Crippen LogP contribution in [0.4, 0.5) is 20.2 Å². The summed E-state index contributed by atoms with van der Waals surface area (Å²) in [7, 11) is 1.57. The van der Waals surface area contributed by atoms with Crippen molar-refractivity contribution in [1.82, 2.24) is 0 Å². The predicted molar refractivity (Wildman–Crippen MR) is 130 cm³/mol. The van der Waals surface area contributed by atoms with Crippen LogP contribution in [0.1, 0.15) is 27.7 Å². The Kier molecular flexibility index (Phi) is 6.06. The molecule has 176 valence electrons. The Balaban J connectivity index is 1.52. The summed E-state index contributed by atoms with van der Waals surface area (Å²) in [6.07, 6.45) is -0.557. The summed E-state index contributed by atoms with van der Waals surface area (Å²) in [5, 5.41) is 3.44. The van der Waals surface area contributed by atoms with Gasteiger partial charge in [0.1, 0.15) is 35.9 Å². The number of hydrogen-bond donors (Lipinski definition) is 1. The Morgan fingerprint density at radius 3 is 2.29 bits per heavy atom. The Morgan fingerprint density at radius 2 is 1.57 bits per heavy atom. The van der Waals surface area contributed by atoms with Crippen molar-refractivity contribution in [3.05, 3.63) is 119 Å². The molecule has 1 aliphatic heterocycles. The number of nitrogens with zero attached hydrogens (tertiary/aromatic N) is 1. The fourth-order valence-corrected chi connectivity index (χ4v) is 4.13. The number of ether oxygens (including phenoxy) is 2. The average molecular weight is 472 g/mol. The van der Waals surface area contributed by atoms with E-state index in [2.05, 4.69) is 5.32 Å². The van der Waals surface area contributed by atoms with E-state index in [0.717, 1.165) is 11.1 Å². The lowest BCUT2D eigenvalue weighted by atomic mass is 10.0. The van der Waals surface area contributed by atoms with Crippen LogP contribution in [0.3, 0.4) is 0 Å². The first-order chi connectivity index (χ1) is 17.0. The van der Waals surface area contributed by atoms with Gasteiger partial charge in [0.15, 0.2) is 0 Å². The van der Waals surface area contributed by atoms with Gasteiger partial charge in [0.05, 0.1) is 12.7 Å².